The van der Waals surface area contributed by atoms with Crippen LogP contribution in [0.5, 0.6) is 5.06 Å². The molecule has 0 aromatic carbocycles. The van der Waals surface area contributed by atoms with Gasteiger partial charge in [0, 0.05) is 4.88 Å². The highest BCUT2D eigenvalue weighted by Crippen LogP contribution is 2.33. The maximum absolute atomic E-state index is 5.40. The monoisotopic (exact) mass is 184 g/mol. The molecular formula is C10H16OS. The molecule has 1 aromatic rings. The molecule has 0 amide bonds. The quantitative estimate of drug-likeness (QED) is 0.684. The molecule has 0 fully saturated rings. The second kappa shape index (κ2) is 3.48. The first-order chi connectivity index (χ1) is 5.54. The molecule has 12 heavy (non-hydrogen) atoms. The predicted octanol–water partition coefficient (Wildman–Crippen LogP) is 3.44. The van der Waals surface area contributed by atoms with E-state index in [0.29, 0.717) is 0 Å². The molecule has 0 radical (unpaired) electrons. The summed E-state index contributed by atoms with van der Waals surface area (Å²) in [5, 5.41) is 1.03. The Hall–Kier alpha value is -0.500. The minimum Gasteiger partial charge on any atom is -0.484 e. The van der Waals surface area contributed by atoms with Crippen LogP contribution in [0.15, 0.2) is 12.1 Å². The summed E-state index contributed by atoms with van der Waals surface area (Å²) in [6.07, 6.45) is 0. The molecule has 0 N–H and O–H groups in total. The van der Waals surface area contributed by atoms with E-state index in [2.05, 4.69) is 32.9 Å². The van der Waals surface area contributed by atoms with Crippen LogP contribution < -0.4 is 4.74 Å². The fourth-order valence-electron chi connectivity index (χ4n) is 0.943. The third kappa shape index (κ3) is 2.24. The topological polar surface area (TPSA) is 9.23 Å². The van der Waals surface area contributed by atoms with Gasteiger partial charge in [-0.2, -0.15) is 0 Å². The van der Waals surface area contributed by atoms with Crippen molar-refractivity contribution in [2.45, 2.75) is 33.1 Å². The van der Waals surface area contributed by atoms with Crippen LogP contribution in [0.1, 0.15) is 32.6 Å². The van der Waals surface area contributed by atoms with Crippen molar-refractivity contribution in [3.05, 3.63) is 17.0 Å². The summed E-state index contributed by atoms with van der Waals surface area (Å²) in [6, 6.07) is 4.20. The molecule has 1 nitrogen and oxygen atoms in total. The van der Waals surface area contributed by atoms with Crippen LogP contribution >= 0.6 is 11.3 Å². The average Bonchev–Trinajstić information content (AvgIpc) is 2.35. The molecule has 2 heteroatoms. The predicted molar refractivity (Wildman–Crippen MR) is 54.2 cm³/mol. The van der Waals surface area contributed by atoms with Crippen LogP contribution in [0.2, 0.25) is 0 Å². The molecule has 0 bridgehead atoms. The highest BCUT2D eigenvalue weighted by Gasteiger charge is 2.16. The Morgan fingerprint density at radius 1 is 1.33 bits per heavy atom. The van der Waals surface area contributed by atoms with E-state index in [9.17, 15) is 0 Å². The fraction of sp³-hybridized carbons (Fsp3) is 0.600. The summed E-state index contributed by atoms with van der Waals surface area (Å²) in [7, 11) is 0. The van der Waals surface area contributed by atoms with Gasteiger partial charge in [-0.05, 0) is 24.5 Å². The van der Waals surface area contributed by atoms with Crippen LogP contribution in [0.4, 0.5) is 0 Å². The molecule has 0 aliphatic rings. The lowest BCUT2D eigenvalue weighted by molar-refractivity contribution is 0.350. The van der Waals surface area contributed by atoms with E-state index in [-0.39, 0.29) is 5.41 Å². The first-order valence-corrected chi connectivity index (χ1v) is 5.09. The fourth-order valence-corrected chi connectivity index (χ4v) is 1.91. The molecule has 1 aromatic heterocycles. The van der Waals surface area contributed by atoms with E-state index in [0.717, 1.165) is 11.7 Å². The van der Waals surface area contributed by atoms with E-state index in [1.165, 1.54) is 4.88 Å². The van der Waals surface area contributed by atoms with E-state index in [1.807, 2.05) is 6.92 Å². The molecule has 0 aliphatic heterocycles. The van der Waals surface area contributed by atoms with Crippen molar-refractivity contribution in [1.82, 2.24) is 0 Å². The summed E-state index contributed by atoms with van der Waals surface area (Å²) < 4.78 is 5.40. The van der Waals surface area contributed by atoms with E-state index in [4.69, 9.17) is 4.74 Å². The second-order valence-electron chi connectivity index (χ2n) is 3.80. The molecule has 1 rings (SSSR count). The van der Waals surface area contributed by atoms with Gasteiger partial charge in [0.15, 0.2) is 5.06 Å². The molecule has 1 heterocycles. The highest BCUT2D eigenvalue weighted by atomic mass is 32.1. The third-order valence-corrected chi connectivity index (χ3v) is 3.03. The highest BCUT2D eigenvalue weighted by molar-refractivity contribution is 7.14. The summed E-state index contributed by atoms with van der Waals surface area (Å²) in [4.78, 5) is 1.38. The molecule has 0 atom stereocenters. The van der Waals surface area contributed by atoms with Gasteiger partial charge in [-0.25, -0.2) is 0 Å². The van der Waals surface area contributed by atoms with Gasteiger partial charge >= 0.3 is 0 Å². The standard InChI is InChI=1S/C10H16OS/c1-5-11-9-7-6-8(12-9)10(2,3)4/h6-7H,5H2,1-4H3. The number of thiophene rings is 1. The number of hydrogen-bond donors (Lipinski definition) is 0. The molecular weight excluding hydrogens is 168 g/mol. The molecule has 0 saturated carbocycles. The Morgan fingerprint density at radius 3 is 2.42 bits per heavy atom. The summed E-state index contributed by atoms with van der Waals surface area (Å²) in [5.41, 5.74) is 0.250. The van der Waals surface area contributed by atoms with Crippen molar-refractivity contribution >= 4 is 11.3 Å². The Morgan fingerprint density at radius 2 is 2.00 bits per heavy atom. The van der Waals surface area contributed by atoms with E-state index in [1.54, 1.807) is 11.3 Å². The zero-order valence-electron chi connectivity index (χ0n) is 8.18. The van der Waals surface area contributed by atoms with Crippen LogP contribution in [0, 0.1) is 0 Å². The molecule has 0 unspecified atom stereocenters. The summed E-state index contributed by atoms with van der Waals surface area (Å²) in [5.74, 6) is 0. The number of rotatable bonds is 2. The maximum Gasteiger partial charge on any atom is 0.173 e. The van der Waals surface area contributed by atoms with Crippen LogP contribution in [0.3, 0.4) is 0 Å². The van der Waals surface area contributed by atoms with Crippen molar-refractivity contribution in [2.75, 3.05) is 6.61 Å². The zero-order valence-corrected chi connectivity index (χ0v) is 8.99. The Kier molecular flexibility index (Phi) is 2.78. The Labute approximate surface area is 78.4 Å². The third-order valence-electron chi connectivity index (χ3n) is 1.61. The van der Waals surface area contributed by atoms with E-state index >= 15 is 0 Å². The number of ether oxygens (including phenoxy) is 1. The average molecular weight is 184 g/mol. The molecule has 0 saturated heterocycles. The van der Waals surface area contributed by atoms with Gasteiger partial charge in [0.2, 0.25) is 0 Å². The van der Waals surface area contributed by atoms with E-state index < -0.39 is 0 Å². The lowest BCUT2D eigenvalue weighted by atomic mass is 9.95. The van der Waals surface area contributed by atoms with Crippen molar-refractivity contribution in [1.29, 1.82) is 0 Å². The van der Waals surface area contributed by atoms with Crippen molar-refractivity contribution in [2.24, 2.45) is 0 Å². The van der Waals surface area contributed by atoms with Gasteiger partial charge in [-0.15, -0.1) is 11.3 Å². The van der Waals surface area contributed by atoms with Gasteiger partial charge in [0.05, 0.1) is 6.61 Å². The van der Waals surface area contributed by atoms with Crippen LogP contribution in [-0.2, 0) is 5.41 Å². The Balaban J connectivity index is 2.77. The van der Waals surface area contributed by atoms with Crippen LogP contribution in [-0.4, -0.2) is 6.61 Å². The second-order valence-corrected chi connectivity index (χ2v) is 4.85. The largest absolute Gasteiger partial charge is 0.484 e. The van der Waals surface area contributed by atoms with Crippen molar-refractivity contribution in [3.8, 4) is 5.06 Å². The molecule has 0 aliphatic carbocycles. The SMILES string of the molecule is CCOc1ccc(C(C)(C)C)s1. The van der Waals surface area contributed by atoms with Gasteiger partial charge in [-0.3, -0.25) is 0 Å². The lowest BCUT2D eigenvalue weighted by Gasteiger charge is -2.14. The minimum absolute atomic E-state index is 0.250. The lowest BCUT2D eigenvalue weighted by Crippen LogP contribution is -2.07. The minimum atomic E-state index is 0.250. The summed E-state index contributed by atoms with van der Waals surface area (Å²) >= 11 is 1.74. The Bertz CT molecular complexity index is 245. The number of hydrogen-bond acceptors (Lipinski definition) is 2. The van der Waals surface area contributed by atoms with Gasteiger partial charge in [0.25, 0.3) is 0 Å². The van der Waals surface area contributed by atoms with Gasteiger partial charge < -0.3 is 4.74 Å². The smallest absolute Gasteiger partial charge is 0.173 e. The first kappa shape index (κ1) is 9.59. The van der Waals surface area contributed by atoms with Crippen molar-refractivity contribution < 1.29 is 4.74 Å². The zero-order chi connectivity index (χ0) is 9.19. The van der Waals surface area contributed by atoms with Crippen molar-refractivity contribution in [3.63, 3.8) is 0 Å². The van der Waals surface area contributed by atoms with Gasteiger partial charge in [-0.1, -0.05) is 20.8 Å². The summed E-state index contributed by atoms with van der Waals surface area (Å²) in [6.45, 7) is 9.41. The first-order valence-electron chi connectivity index (χ1n) is 4.27. The molecule has 68 valence electrons. The molecule has 0 spiro atoms. The van der Waals surface area contributed by atoms with Crippen LogP contribution in [0.25, 0.3) is 0 Å². The maximum atomic E-state index is 5.40. The normalized spacial score (nSPS) is 11.7. The van der Waals surface area contributed by atoms with Gasteiger partial charge in [0.1, 0.15) is 0 Å².